The average molecular weight is 240 g/mol. The first kappa shape index (κ1) is 14.6. The quantitative estimate of drug-likeness (QED) is 0.705. The molecule has 0 aromatic heterocycles. The number of hydrogen-bond donors (Lipinski definition) is 1. The fourth-order valence-corrected chi connectivity index (χ4v) is 1.19. The van der Waals surface area contributed by atoms with E-state index in [-0.39, 0.29) is 24.6 Å². The summed E-state index contributed by atoms with van der Waals surface area (Å²) in [6.07, 6.45) is 0.280. The third-order valence-electron chi connectivity index (χ3n) is 2.32. The van der Waals surface area contributed by atoms with E-state index in [1.807, 2.05) is 0 Å². The minimum atomic E-state index is -0.722. The largest absolute Gasteiger partial charge is 0.459 e. The number of nitrogens with two attached hydrogens (primary N) is 1. The van der Waals surface area contributed by atoms with Crippen molar-refractivity contribution in [3.8, 4) is 0 Å². The van der Waals surface area contributed by atoms with Crippen molar-refractivity contribution in [2.75, 3.05) is 20.3 Å². The first-order valence-corrected chi connectivity index (χ1v) is 4.71. The molecule has 1 rings (SSSR count). The molecular formula is C9H18ClNO4. The van der Waals surface area contributed by atoms with Gasteiger partial charge in [-0.15, -0.1) is 12.4 Å². The fourth-order valence-electron chi connectivity index (χ4n) is 1.19. The number of halogens is 1. The van der Waals surface area contributed by atoms with E-state index in [0.29, 0.717) is 13.2 Å². The summed E-state index contributed by atoms with van der Waals surface area (Å²) < 4.78 is 15.1. The van der Waals surface area contributed by atoms with Gasteiger partial charge in [-0.1, -0.05) is 0 Å². The van der Waals surface area contributed by atoms with E-state index in [9.17, 15) is 4.79 Å². The molecule has 1 saturated heterocycles. The van der Waals surface area contributed by atoms with Crippen molar-refractivity contribution < 1.29 is 19.0 Å². The summed E-state index contributed by atoms with van der Waals surface area (Å²) in [5.41, 5.74) is 5.61. The van der Waals surface area contributed by atoms with Crippen LogP contribution in [0, 0.1) is 0 Å². The molecule has 0 radical (unpaired) electrons. The Hall–Kier alpha value is -0.360. The average Bonchev–Trinajstić information content (AvgIpc) is 2.68. The Morgan fingerprint density at radius 3 is 2.73 bits per heavy atom. The van der Waals surface area contributed by atoms with E-state index < -0.39 is 12.0 Å². The number of methoxy groups -OCH3 is 1. The van der Waals surface area contributed by atoms with Gasteiger partial charge in [0.25, 0.3) is 0 Å². The molecule has 0 aliphatic carbocycles. The summed E-state index contributed by atoms with van der Waals surface area (Å²) in [6.45, 7) is 2.85. The monoisotopic (exact) mass is 239 g/mol. The van der Waals surface area contributed by atoms with Crippen molar-refractivity contribution in [3.05, 3.63) is 0 Å². The van der Waals surface area contributed by atoms with Crippen LogP contribution in [0.5, 0.6) is 0 Å². The van der Waals surface area contributed by atoms with Crippen molar-refractivity contribution in [1.29, 1.82) is 0 Å². The molecular weight excluding hydrogens is 222 g/mol. The predicted octanol–water partition coefficient (Wildman–Crippen LogP) is 0.103. The summed E-state index contributed by atoms with van der Waals surface area (Å²) >= 11 is 0. The minimum Gasteiger partial charge on any atom is -0.459 e. The Labute approximate surface area is 95.6 Å². The normalized spacial score (nSPS) is 24.1. The van der Waals surface area contributed by atoms with Crippen molar-refractivity contribution in [2.24, 2.45) is 5.73 Å². The molecule has 0 aromatic carbocycles. The van der Waals surface area contributed by atoms with Gasteiger partial charge >= 0.3 is 5.97 Å². The van der Waals surface area contributed by atoms with Crippen molar-refractivity contribution >= 4 is 18.4 Å². The molecule has 1 aliphatic heterocycles. The van der Waals surface area contributed by atoms with Crippen LogP contribution in [0.2, 0.25) is 0 Å². The Balaban J connectivity index is 0.00000196. The third kappa shape index (κ3) is 4.34. The van der Waals surface area contributed by atoms with Gasteiger partial charge in [-0.3, -0.25) is 4.79 Å². The van der Waals surface area contributed by atoms with Crippen LogP contribution in [-0.4, -0.2) is 44.5 Å². The molecule has 90 valence electrons. The number of carbonyl (C=O) groups is 1. The number of hydrogen-bond acceptors (Lipinski definition) is 5. The smallest absolute Gasteiger partial charge is 0.325 e. The van der Waals surface area contributed by atoms with Gasteiger partial charge in [0.15, 0.2) is 0 Å². The van der Waals surface area contributed by atoms with Crippen LogP contribution in [0.1, 0.15) is 13.3 Å². The second-order valence-electron chi connectivity index (χ2n) is 3.39. The van der Waals surface area contributed by atoms with Crippen molar-refractivity contribution in [2.45, 2.75) is 31.6 Å². The van der Waals surface area contributed by atoms with E-state index >= 15 is 0 Å². The number of carbonyl (C=O) groups excluding carboxylic acids is 1. The summed E-state index contributed by atoms with van der Waals surface area (Å²) in [7, 11) is 1.51. The van der Waals surface area contributed by atoms with Gasteiger partial charge in [0.2, 0.25) is 0 Å². The maximum Gasteiger partial charge on any atom is 0.325 e. The Bertz CT molecular complexity index is 197. The molecule has 6 heteroatoms. The van der Waals surface area contributed by atoms with Gasteiger partial charge < -0.3 is 19.9 Å². The third-order valence-corrected chi connectivity index (χ3v) is 2.32. The number of esters is 1. The van der Waals surface area contributed by atoms with Crippen LogP contribution < -0.4 is 5.73 Å². The van der Waals surface area contributed by atoms with Crippen LogP contribution in [0.3, 0.4) is 0 Å². The Morgan fingerprint density at radius 2 is 2.27 bits per heavy atom. The maximum atomic E-state index is 11.4. The zero-order valence-electron chi connectivity index (χ0n) is 8.97. The molecule has 3 atom stereocenters. The molecule has 2 N–H and O–H groups in total. The van der Waals surface area contributed by atoms with Gasteiger partial charge in [0.05, 0.1) is 19.3 Å². The lowest BCUT2D eigenvalue weighted by atomic mass is 10.2. The summed E-state index contributed by atoms with van der Waals surface area (Å²) in [4.78, 5) is 11.4. The van der Waals surface area contributed by atoms with Crippen molar-refractivity contribution in [1.82, 2.24) is 0 Å². The lowest BCUT2D eigenvalue weighted by Crippen LogP contribution is -2.43. The highest BCUT2D eigenvalue weighted by molar-refractivity contribution is 5.85. The van der Waals surface area contributed by atoms with Gasteiger partial charge in [0, 0.05) is 13.5 Å². The SMILES string of the molecule is COC(C)C(N)C(=O)O[C@H]1CCOC1.Cl. The lowest BCUT2D eigenvalue weighted by Gasteiger charge is -2.19. The van der Waals surface area contributed by atoms with E-state index in [0.717, 1.165) is 6.42 Å². The molecule has 0 amide bonds. The summed E-state index contributed by atoms with van der Waals surface area (Å²) in [5.74, 6) is -0.421. The molecule has 2 unspecified atom stereocenters. The Morgan fingerprint density at radius 1 is 1.60 bits per heavy atom. The topological polar surface area (TPSA) is 70.8 Å². The van der Waals surface area contributed by atoms with Crippen LogP contribution >= 0.6 is 12.4 Å². The second-order valence-corrected chi connectivity index (χ2v) is 3.39. The van der Waals surface area contributed by atoms with Gasteiger partial charge in [-0.2, -0.15) is 0 Å². The van der Waals surface area contributed by atoms with E-state index in [1.165, 1.54) is 7.11 Å². The van der Waals surface area contributed by atoms with Crippen LogP contribution in [0.15, 0.2) is 0 Å². The lowest BCUT2D eigenvalue weighted by molar-refractivity contribution is -0.153. The highest BCUT2D eigenvalue weighted by Gasteiger charge is 2.26. The van der Waals surface area contributed by atoms with Gasteiger partial charge in [0.1, 0.15) is 12.1 Å². The molecule has 0 saturated carbocycles. The molecule has 1 fully saturated rings. The summed E-state index contributed by atoms with van der Waals surface area (Å²) in [6, 6.07) is -0.722. The number of rotatable bonds is 4. The van der Waals surface area contributed by atoms with Gasteiger partial charge in [-0.25, -0.2) is 0 Å². The highest BCUT2D eigenvalue weighted by atomic mass is 35.5. The zero-order valence-corrected chi connectivity index (χ0v) is 9.79. The minimum absolute atomic E-state index is 0. The van der Waals surface area contributed by atoms with E-state index in [1.54, 1.807) is 6.92 Å². The second kappa shape index (κ2) is 7.00. The molecule has 0 bridgehead atoms. The van der Waals surface area contributed by atoms with Crippen LogP contribution in [0.25, 0.3) is 0 Å². The molecule has 5 nitrogen and oxygen atoms in total. The summed E-state index contributed by atoms with van der Waals surface area (Å²) in [5, 5.41) is 0. The van der Waals surface area contributed by atoms with Crippen molar-refractivity contribution in [3.63, 3.8) is 0 Å². The molecule has 1 aliphatic rings. The molecule has 1 heterocycles. The van der Waals surface area contributed by atoms with Crippen LogP contribution in [-0.2, 0) is 19.0 Å². The first-order valence-electron chi connectivity index (χ1n) is 4.71. The van der Waals surface area contributed by atoms with Crippen LogP contribution in [0.4, 0.5) is 0 Å². The zero-order chi connectivity index (χ0) is 10.6. The Kier molecular flexibility index (Phi) is 6.84. The molecule has 15 heavy (non-hydrogen) atoms. The fraction of sp³-hybridized carbons (Fsp3) is 0.889. The standard InChI is InChI=1S/C9H17NO4.ClH/c1-6(12-2)8(10)9(11)14-7-3-4-13-5-7;/h6-8H,3-5,10H2,1-2H3;1H/t6?,7-,8?;/m0./s1. The maximum absolute atomic E-state index is 11.4. The first-order chi connectivity index (χ1) is 6.65. The molecule has 0 aromatic rings. The predicted molar refractivity (Wildman–Crippen MR) is 57.0 cm³/mol. The van der Waals surface area contributed by atoms with E-state index in [2.05, 4.69) is 0 Å². The number of ether oxygens (including phenoxy) is 3. The molecule has 0 spiro atoms. The highest BCUT2D eigenvalue weighted by Crippen LogP contribution is 2.09. The van der Waals surface area contributed by atoms with E-state index in [4.69, 9.17) is 19.9 Å². The van der Waals surface area contributed by atoms with Gasteiger partial charge in [-0.05, 0) is 6.92 Å².